The molecule has 0 amide bonds. The minimum Gasteiger partial charge on any atom is -0.492 e. The number of hydrogen-bond donors (Lipinski definition) is 2. The average Bonchev–Trinajstić information content (AvgIpc) is 2.43. The summed E-state index contributed by atoms with van der Waals surface area (Å²) in [6.45, 7) is 7.10. The van der Waals surface area contributed by atoms with E-state index in [2.05, 4.69) is 15.3 Å². The Hall–Kier alpha value is -2.30. The number of anilines is 1. The van der Waals surface area contributed by atoms with Gasteiger partial charge in [0.2, 0.25) is 0 Å². The van der Waals surface area contributed by atoms with Crippen molar-refractivity contribution in [1.82, 2.24) is 9.97 Å². The van der Waals surface area contributed by atoms with Crippen LogP contribution in [0.2, 0.25) is 0 Å². The van der Waals surface area contributed by atoms with E-state index in [0.29, 0.717) is 24.8 Å². The number of aromatic nitrogens is 2. The highest BCUT2D eigenvalue weighted by Crippen LogP contribution is 2.12. The van der Waals surface area contributed by atoms with Crippen molar-refractivity contribution >= 4 is 5.82 Å². The molecule has 5 nitrogen and oxygen atoms in total. The molecule has 1 aromatic heterocycles. The van der Waals surface area contributed by atoms with Gasteiger partial charge in [-0.15, -0.1) is 0 Å². The first kappa shape index (κ1) is 15.1. The number of benzene rings is 1. The van der Waals surface area contributed by atoms with Crippen molar-refractivity contribution in [2.24, 2.45) is 0 Å². The molecule has 21 heavy (non-hydrogen) atoms. The largest absolute Gasteiger partial charge is 0.492 e. The Balaban J connectivity index is 1.87. The zero-order chi connectivity index (χ0) is 15.2. The molecule has 2 aromatic rings. The number of hydrogen-bond acceptors (Lipinski definition) is 4. The van der Waals surface area contributed by atoms with Crippen molar-refractivity contribution in [1.29, 1.82) is 0 Å². The molecule has 0 unspecified atom stereocenters. The smallest absolute Gasteiger partial charge is 0.252 e. The van der Waals surface area contributed by atoms with Crippen LogP contribution in [0.4, 0.5) is 5.82 Å². The van der Waals surface area contributed by atoms with Gasteiger partial charge >= 0.3 is 0 Å². The van der Waals surface area contributed by atoms with Crippen LogP contribution in [0.15, 0.2) is 35.1 Å². The van der Waals surface area contributed by atoms with E-state index in [1.54, 1.807) is 0 Å². The molecule has 2 N–H and O–H groups in total. The summed E-state index contributed by atoms with van der Waals surface area (Å²) in [5, 5.41) is 3.11. The van der Waals surface area contributed by atoms with Gasteiger partial charge in [-0.2, -0.15) is 0 Å². The van der Waals surface area contributed by atoms with Crippen LogP contribution in [0.25, 0.3) is 0 Å². The lowest BCUT2D eigenvalue weighted by Gasteiger charge is -2.10. The van der Waals surface area contributed by atoms with Gasteiger partial charge in [0.15, 0.2) is 0 Å². The number of nitrogens with zero attached hydrogens (tertiary/aromatic N) is 1. The van der Waals surface area contributed by atoms with Gasteiger partial charge in [-0.05, 0) is 24.6 Å². The molecule has 0 fully saturated rings. The molecule has 1 heterocycles. The van der Waals surface area contributed by atoms with Crippen molar-refractivity contribution in [2.75, 3.05) is 18.5 Å². The molecule has 0 aliphatic heterocycles. The van der Waals surface area contributed by atoms with Crippen LogP contribution >= 0.6 is 0 Å². The summed E-state index contributed by atoms with van der Waals surface area (Å²) >= 11 is 0. The Labute approximate surface area is 124 Å². The standard InChI is InChI=1S/C16H21N3O2/c1-11(2)16-18-14(10-15(20)19-16)17-7-8-21-13-6-4-5-12(3)9-13/h4-6,9-11H,7-8H2,1-3H3,(H2,17,18,19,20). The minimum absolute atomic E-state index is 0.143. The van der Waals surface area contributed by atoms with Gasteiger partial charge in [0.1, 0.15) is 24.0 Å². The fourth-order valence-corrected chi connectivity index (χ4v) is 1.89. The quantitative estimate of drug-likeness (QED) is 0.802. The lowest BCUT2D eigenvalue weighted by molar-refractivity contribution is 0.332. The number of rotatable bonds is 6. The second kappa shape index (κ2) is 6.92. The van der Waals surface area contributed by atoms with Crippen LogP contribution in [-0.4, -0.2) is 23.1 Å². The maximum atomic E-state index is 11.5. The summed E-state index contributed by atoms with van der Waals surface area (Å²) in [7, 11) is 0. The maximum absolute atomic E-state index is 11.5. The SMILES string of the molecule is Cc1cccc(OCCNc2cc(=O)[nH]c(C(C)C)n2)c1. The van der Waals surface area contributed by atoms with Gasteiger partial charge in [-0.3, -0.25) is 4.79 Å². The van der Waals surface area contributed by atoms with Crippen molar-refractivity contribution in [3.63, 3.8) is 0 Å². The second-order valence-corrected chi connectivity index (χ2v) is 5.26. The summed E-state index contributed by atoms with van der Waals surface area (Å²) < 4.78 is 5.64. The molecule has 0 aliphatic rings. The molecule has 0 saturated heterocycles. The van der Waals surface area contributed by atoms with E-state index in [-0.39, 0.29) is 11.5 Å². The third-order valence-electron chi connectivity index (χ3n) is 2.97. The normalized spacial score (nSPS) is 10.7. The highest BCUT2D eigenvalue weighted by Gasteiger charge is 2.04. The minimum atomic E-state index is -0.143. The molecule has 0 saturated carbocycles. The highest BCUT2D eigenvalue weighted by molar-refractivity contribution is 5.33. The van der Waals surface area contributed by atoms with Gasteiger partial charge in [0.05, 0.1) is 6.54 Å². The van der Waals surface area contributed by atoms with E-state index in [0.717, 1.165) is 5.75 Å². The Kier molecular flexibility index (Phi) is 4.98. The molecular weight excluding hydrogens is 266 g/mol. The fraction of sp³-hybridized carbons (Fsp3) is 0.375. The third-order valence-corrected chi connectivity index (χ3v) is 2.97. The monoisotopic (exact) mass is 287 g/mol. The molecule has 2 rings (SSSR count). The Morgan fingerprint density at radius 1 is 1.33 bits per heavy atom. The predicted molar refractivity (Wildman–Crippen MR) is 84.1 cm³/mol. The zero-order valence-electron chi connectivity index (χ0n) is 12.6. The summed E-state index contributed by atoms with van der Waals surface area (Å²) in [5.74, 6) is 2.29. The fourth-order valence-electron chi connectivity index (χ4n) is 1.89. The molecule has 0 spiro atoms. The Bertz CT molecular complexity index is 650. The molecule has 0 radical (unpaired) electrons. The van der Waals surface area contributed by atoms with Crippen LogP contribution in [0.1, 0.15) is 31.2 Å². The van der Waals surface area contributed by atoms with Gasteiger partial charge in [0.25, 0.3) is 5.56 Å². The number of ether oxygens (including phenoxy) is 1. The van der Waals surface area contributed by atoms with Crippen LogP contribution < -0.4 is 15.6 Å². The molecule has 112 valence electrons. The van der Waals surface area contributed by atoms with Gasteiger partial charge < -0.3 is 15.0 Å². The van der Waals surface area contributed by atoms with E-state index in [1.807, 2.05) is 45.0 Å². The Morgan fingerprint density at radius 3 is 2.86 bits per heavy atom. The number of H-pyrrole nitrogens is 1. The summed E-state index contributed by atoms with van der Waals surface area (Å²) in [4.78, 5) is 18.6. The van der Waals surface area contributed by atoms with Crippen LogP contribution in [0.3, 0.4) is 0 Å². The first-order valence-electron chi connectivity index (χ1n) is 7.09. The molecular formula is C16H21N3O2. The molecule has 5 heteroatoms. The zero-order valence-corrected chi connectivity index (χ0v) is 12.6. The molecule has 0 aliphatic carbocycles. The highest BCUT2D eigenvalue weighted by atomic mass is 16.5. The lowest BCUT2D eigenvalue weighted by Crippen LogP contribution is -2.17. The Morgan fingerprint density at radius 2 is 2.14 bits per heavy atom. The van der Waals surface area contributed by atoms with E-state index in [4.69, 9.17) is 4.74 Å². The average molecular weight is 287 g/mol. The van der Waals surface area contributed by atoms with Crippen molar-refractivity contribution in [3.8, 4) is 5.75 Å². The van der Waals surface area contributed by atoms with Gasteiger partial charge in [-0.1, -0.05) is 26.0 Å². The van der Waals surface area contributed by atoms with Crippen molar-refractivity contribution < 1.29 is 4.74 Å². The topological polar surface area (TPSA) is 67.0 Å². The van der Waals surface area contributed by atoms with E-state index in [1.165, 1.54) is 11.6 Å². The number of nitrogens with one attached hydrogen (secondary N) is 2. The molecule has 0 bridgehead atoms. The van der Waals surface area contributed by atoms with Crippen molar-refractivity contribution in [3.05, 3.63) is 52.1 Å². The van der Waals surface area contributed by atoms with Crippen LogP contribution in [-0.2, 0) is 0 Å². The van der Waals surface area contributed by atoms with E-state index >= 15 is 0 Å². The van der Waals surface area contributed by atoms with Gasteiger partial charge in [-0.25, -0.2) is 4.98 Å². The predicted octanol–water partition coefficient (Wildman–Crippen LogP) is 2.69. The van der Waals surface area contributed by atoms with Crippen molar-refractivity contribution in [2.45, 2.75) is 26.7 Å². The third kappa shape index (κ3) is 4.63. The van der Waals surface area contributed by atoms with Crippen LogP contribution in [0.5, 0.6) is 5.75 Å². The van der Waals surface area contributed by atoms with Crippen LogP contribution in [0, 0.1) is 6.92 Å². The van der Waals surface area contributed by atoms with E-state index in [9.17, 15) is 4.79 Å². The lowest BCUT2D eigenvalue weighted by atomic mass is 10.2. The molecule has 1 aromatic carbocycles. The first-order chi connectivity index (χ1) is 10.0. The second-order valence-electron chi connectivity index (χ2n) is 5.26. The maximum Gasteiger partial charge on any atom is 0.252 e. The summed E-state index contributed by atoms with van der Waals surface area (Å²) in [6, 6.07) is 9.36. The number of aryl methyl sites for hydroxylation is 1. The summed E-state index contributed by atoms with van der Waals surface area (Å²) in [5.41, 5.74) is 1.02. The van der Waals surface area contributed by atoms with E-state index < -0.39 is 0 Å². The number of aromatic amines is 1. The molecule has 0 atom stereocenters. The first-order valence-corrected chi connectivity index (χ1v) is 7.09. The van der Waals surface area contributed by atoms with Gasteiger partial charge in [0, 0.05) is 12.0 Å². The summed E-state index contributed by atoms with van der Waals surface area (Å²) in [6.07, 6.45) is 0.